The number of amides is 2. The van der Waals surface area contributed by atoms with E-state index in [0.29, 0.717) is 24.1 Å². The lowest BCUT2D eigenvalue weighted by Crippen LogP contribution is -2.47. The SMILES string of the molecule is CC1CCC(O)(CNC(=O)CN2CSCC2=O)CC1. The van der Waals surface area contributed by atoms with E-state index in [1.165, 1.54) is 11.8 Å². The van der Waals surface area contributed by atoms with Crippen molar-refractivity contribution in [3.8, 4) is 0 Å². The molecule has 1 aliphatic heterocycles. The fraction of sp³-hybridized carbons (Fsp3) is 0.846. The second-order valence-electron chi connectivity index (χ2n) is 5.75. The van der Waals surface area contributed by atoms with Crippen LogP contribution in [0.3, 0.4) is 0 Å². The van der Waals surface area contributed by atoms with Gasteiger partial charge < -0.3 is 15.3 Å². The van der Waals surface area contributed by atoms with Gasteiger partial charge in [-0.1, -0.05) is 6.92 Å². The molecule has 0 atom stereocenters. The molecule has 19 heavy (non-hydrogen) atoms. The van der Waals surface area contributed by atoms with Crippen molar-refractivity contribution in [3.63, 3.8) is 0 Å². The Labute approximate surface area is 118 Å². The zero-order valence-electron chi connectivity index (χ0n) is 11.4. The third-order valence-electron chi connectivity index (χ3n) is 3.98. The Bertz CT molecular complexity index is 354. The van der Waals surface area contributed by atoms with Crippen molar-refractivity contribution >= 4 is 23.6 Å². The van der Waals surface area contributed by atoms with E-state index < -0.39 is 5.60 Å². The minimum absolute atomic E-state index is 0.0188. The number of hydrogen-bond acceptors (Lipinski definition) is 4. The molecule has 0 radical (unpaired) electrons. The number of rotatable bonds is 4. The maximum atomic E-state index is 11.8. The average Bonchev–Trinajstić information content (AvgIpc) is 2.77. The fourth-order valence-electron chi connectivity index (χ4n) is 2.51. The summed E-state index contributed by atoms with van der Waals surface area (Å²) in [5.41, 5.74) is -0.758. The molecule has 0 aromatic heterocycles. The van der Waals surface area contributed by atoms with Gasteiger partial charge in [-0.15, -0.1) is 11.8 Å². The lowest BCUT2D eigenvalue weighted by atomic mass is 9.79. The Morgan fingerprint density at radius 1 is 1.53 bits per heavy atom. The lowest BCUT2D eigenvalue weighted by molar-refractivity contribution is -0.133. The highest BCUT2D eigenvalue weighted by atomic mass is 32.2. The van der Waals surface area contributed by atoms with Crippen molar-refractivity contribution < 1.29 is 14.7 Å². The number of carbonyl (C=O) groups is 2. The Balaban J connectivity index is 1.72. The Kier molecular flexibility index (Phi) is 4.73. The molecular weight excluding hydrogens is 264 g/mol. The Morgan fingerprint density at radius 3 is 2.79 bits per heavy atom. The van der Waals surface area contributed by atoms with Gasteiger partial charge in [0, 0.05) is 6.54 Å². The first kappa shape index (κ1) is 14.7. The van der Waals surface area contributed by atoms with Crippen LogP contribution in [0.4, 0.5) is 0 Å². The van der Waals surface area contributed by atoms with Gasteiger partial charge in [0.05, 0.1) is 17.2 Å². The number of carbonyl (C=O) groups excluding carboxylic acids is 2. The highest BCUT2D eigenvalue weighted by molar-refractivity contribution is 8.00. The van der Waals surface area contributed by atoms with Crippen molar-refractivity contribution in [1.82, 2.24) is 10.2 Å². The van der Waals surface area contributed by atoms with Gasteiger partial charge in [-0.2, -0.15) is 0 Å². The van der Waals surface area contributed by atoms with Gasteiger partial charge in [-0.3, -0.25) is 9.59 Å². The summed E-state index contributed by atoms with van der Waals surface area (Å²) in [6, 6.07) is 0. The first-order chi connectivity index (χ1) is 8.98. The first-order valence-electron chi connectivity index (χ1n) is 6.83. The minimum atomic E-state index is -0.758. The third kappa shape index (κ3) is 4.11. The van der Waals surface area contributed by atoms with Crippen LogP contribution in [0, 0.1) is 5.92 Å². The van der Waals surface area contributed by atoms with Crippen molar-refractivity contribution in [3.05, 3.63) is 0 Å². The zero-order chi connectivity index (χ0) is 13.9. The first-order valence-corrected chi connectivity index (χ1v) is 7.99. The second kappa shape index (κ2) is 6.13. The molecule has 0 spiro atoms. The molecule has 0 unspecified atom stereocenters. The molecule has 2 fully saturated rings. The number of thioether (sulfide) groups is 1. The van der Waals surface area contributed by atoms with Gasteiger partial charge in [0.1, 0.15) is 6.54 Å². The minimum Gasteiger partial charge on any atom is -0.388 e. The molecule has 1 heterocycles. The van der Waals surface area contributed by atoms with Crippen LogP contribution in [-0.2, 0) is 9.59 Å². The van der Waals surface area contributed by atoms with Crippen LogP contribution in [0.25, 0.3) is 0 Å². The molecule has 2 aliphatic rings. The van der Waals surface area contributed by atoms with E-state index in [9.17, 15) is 14.7 Å². The summed E-state index contributed by atoms with van der Waals surface area (Å²) in [6.07, 6.45) is 3.50. The van der Waals surface area contributed by atoms with Crippen LogP contribution in [0.1, 0.15) is 32.6 Å². The zero-order valence-corrected chi connectivity index (χ0v) is 12.2. The molecule has 2 N–H and O–H groups in total. The molecule has 0 aromatic carbocycles. The molecule has 2 rings (SSSR count). The van der Waals surface area contributed by atoms with Gasteiger partial charge in [-0.05, 0) is 31.6 Å². The standard InChI is InChI=1S/C13H22N2O3S/c1-10-2-4-13(18,5-3-10)8-14-11(16)6-15-9-19-7-12(15)17/h10,18H,2-9H2,1H3,(H,14,16). The molecule has 1 aliphatic carbocycles. The molecule has 108 valence electrons. The van der Waals surface area contributed by atoms with Crippen molar-refractivity contribution in [2.24, 2.45) is 5.92 Å². The highest BCUT2D eigenvalue weighted by Gasteiger charge is 2.32. The molecule has 6 heteroatoms. The van der Waals surface area contributed by atoms with Crippen LogP contribution in [0.2, 0.25) is 0 Å². The van der Waals surface area contributed by atoms with Crippen molar-refractivity contribution in [1.29, 1.82) is 0 Å². The monoisotopic (exact) mass is 286 g/mol. The summed E-state index contributed by atoms with van der Waals surface area (Å²) in [5.74, 6) is 1.56. The van der Waals surface area contributed by atoms with Gasteiger partial charge >= 0.3 is 0 Å². The largest absolute Gasteiger partial charge is 0.388 e. The molecule has 0 bridgehead atoms. The lowest BCUT2D eigenvalue weighted by Gasteiger charge is -2.35. The number of nitrogens with zero attached hydrogens (tertiary/aromatic N) is 1. The van der Waals surface area contributed by atoms with E-state index in [0.717, 1.165) is 25.7 Å². The van der Waals surface area contributed by atoms with Crippen molar-refractivity contribution in [2.45, 2.75) is 38.2 Å². The summed E-state index contributed by atoms with van der Waals surface area (Å²) < 4.78 is 0. The summed E-state index contributed by atoms with van der Waals surface area (Å²) in [4.78, 5) is 24.7. The Morgan fingerprint density at radius 2 is 2.21 bits per heavy atom. The van der Waals surface area contributed by atoms with E-state index in [1.54, 1.807) is 4.90 Å². The molecular formula is C13H22N2O3S. The Hall–Kier alpha value is -0.750. The quantitative estimate of drug-likeness (QED) is 0.793. The van der Waals surface area contributed by atoms with Crippen LogP contribution in [0.15, 0.2) is 0 Å². The second-order valence-corrected chi connectivity index (χ2v) is 6.71. The molecule has 1 saturated heterocycles. The third-order valence-corrected chi connectivity index (χ3v) is 4.92. The van der Waals surface area contributed by atoms with Crippen LogP contribution >= 0.6 is 11.8 Å². The summed E-state index contributed by atoms with van der Waals surface area (Å²) >= 11 is 1.52. The smallest absolute Gasteiger partial charge is 0.239 e. The van der Waals surface area contributed by atoms with E-state index >= 15 is 0 Å². The number of hydrogen-bond donors (Lipinski definition) is 2. The van der Waals surface area contributed by atoms with E-state index in [1.807, 2.05) is 0 Å². The topological polar surface area (TPSA) is 69.6 Å². The molecule has 5 nitrogen and oxygen atoms in total. The summed E-state index contributed by atoms with van der Waals surface area (Å²) in [6.45, 7) is 2.60. The van der Waals surface area contributed by atoms with E-state index in [4.69, 9.17) is 0 Å². The summed E-state index contributed by atoms with van der Waals surface area (Å²) in [5, 5.41) is 13.1. The van der Waals surface area contributed by atoms with Gasteiger partial charge in [-0.25, -0.2) is 0 Å². The maximum Gasteiger partial charge on any atom is 0.239 e. The van der Waals surface area contributed by atoms with Crippen LogP contribution in [0.5, 0.6) is 0 Å². The maximum absolute atomic E-state index is 11.8. The average molecular weight is 286 g/mol. The highest BCUT2D eigenvalue weighted by Crippen LogP contribution is 2.31. The predicted octanol–water partition coefficient (Wildman–Crippen LogP) is 0.577. The van der Waals surface area contributed by atoms with E-state index in [-0.39, 0.29) is 18.4 Å². The van der Waals surface area contributed by atoms with Gasteiger partial charge in [0.25, 0.3) is 0 Å². The fourth-order valence-corrected chi connectivity index (χ4v) is 3.41. The molecule has 0 aromatic rings. The molecule has 2 amide bonds. The van der Waals surface area contributed by atoms with Gasteiger partial charge in [0.15, 0.2) is 0 Å². The van der Waals surface area contributed by atoms with Gasteiger partial charge in [0.2, 0.25) is 11.8 Å². The number of nitrogens with one attached hydrogen (secondary N) is 1. The van der Waals surface area contributed by atoms with E-state index in [2.05, 4.69) is 12.2 Å². The normalized spacial score (nSPS) is 31.6. The summed E-state index contributed by atoms with van der Waals surface area (Å²) in [7, 11) is 0. The van der Waals surface area contributed by atoms with Crippen LogP contribution in [-0.4, -0.2) is 52.1 Å². The predicted molar refractivity (Wildman–Crippen MR) is 74.6 cm³/mol. The number of aliphatic hydroxyl groups is 1. The van der Waals surface area contributed by atoms with Crippen LogP contribution < -0.4 is 5.32 Å². The molecule has 1 saturated carbocycles. The van der Waals surface area contributed by atoms with Crippen molar-refractivity contribution in [2.75, 3.05) is 24.7 Å².